The SMILES string of the molecule is CS(=O)(=O)N(CCC(=O)N1CCCCC1)c1ccc(Cl)c(Cl)c1. The van der Waals surface area contributed by atoms with Crippen molar-refractivity contribution in [3.63, 3.8) is 0 Å². The molecule has 1 heterocycles. The molecule has 0 unspecified atom stereocenters. The average molecular weight is 379 g/mol. The fourth-order valence-electron chi connectivity index (χ4n) is 2.63. The van der Waals surface area contributed by atoms with Crippen LogP contribution in [-0.2, 0) is 14.8 Å². The van der Waals surface area contributed by atoms with E-state index in [1.807, 2.05) is 0 Å². The van der Waals surface area contributed by atoms with Crippen molar-refractivity contribution in [1.82, 2.24) is 4.90 Å². The number of sulfonamides is 1. The van der Waals surface area contributed by atoms with Gasteiger partial charge in [-0.05, 0) is 37.5 Å². The van der Waals surface area contributed by atoms with Gasteiger partial charge in [-0.1, -0.05) is 23.2 Å². The third-order valence-corrected chi connectivity index (χ3v) is 5.76. The molecule has 8 heteroatoms. The van der Waals surface area contributed by atoms with Crippen molar-refractivity contribution in [2.24, 2.45) is 0 Å². The first kappa shape index (κ1) is 18.4. The minimum atomic E-state index is -3.51. The standard InChI is InChI=1S/C15H20Cl2N2O3S/c1-23(21,22)19(12-5-6-13(16)14(17)11-12)10-7-15(20)18-8-3-2-4-9-18/h5-6,11H,2-4,7-10H2,1H3. The predicted molar refractivity (Wildman–Crippen MR) is 93.7 cm³/mol. The first-order chi connectivity index (χ1) is 10.8. The number of carbonyl (C=O) groups excluding carboxylic acids is 1. The summed E-state index contributed by atoms with van der Waals surface area (Å²) in [6, 6.07) is 4.63. The highest BCUT2D eigenvalue weighted by Gasteiger charge is 2.22. The quantitative estimate of drug-likeness (QED) is 0.790. The lowest BCUT2D eigenvalue weighted by Crippen LogP contribution is -2.39. The third kappa shape index (κ3) is 4.99. The number of benzene rings is 1. The van der Waals surface area contributed by atoms with Gasteiger partial charge < -0.3 is 4.90 Å². The van der Waals surface area contributed by atoms with Gasteiger partial charge in [0.2, 0.25) is 15.9 Å². The summed E-state index contributed by atoms with van der Waals surface area (Å²) in [7, 11) is -3.51. The van der Waals surface area contributed by atoms with E-state index in [1.165, 1.54) is 10.4 Å². The van der Waals surface area contributed by atoms with Gasteiger partial charge in [-0.15, -0.1) is 0 Å². The Morgan fingerprint density at radius 2 is 1.83 bits per heavy atom. The van der Waals surface area contributed by atoms with Gasteiger partial charge >= 0.3 is 0 Å². The van der Waals surface area contributed by atoms with E-state index in [2.05, 4.69) is 0 Å². The van der Waals surface area contributed by atoms with Crippen LogP contribution in [0, 0.1) is 0 Å². The molecule has 23 heavy (non-hydrogen) atoms. The van der Waals surface area contributed by atoms with Crippen LogP contribution in [-0.4, -0.2) is 45.1 Å². The summed E-state index contributed by atoms with van der Waals surface area (Å²) in [5.41, 5.74) is 0.411. The lowest BCUT2D eigenvalue weighted by Gasteiger charge is -2.28. The Morgan fingerprint density at radius 1 is 1.17 bits per heavy atom. The smallest absolute Gasteiger partial charge is 0.232 e. The Labute approximate surface area is 147 Å². The van der Waals surface area contributed by atoms with Crippen LogP contribution in [0.15, 0.2) is 18.2 Å². The van der Waals surface area contributed by atoms with Crippen LogP contribution in [0.3, 0.4) is 0 Å². The predicted octanol–water partition coefficient (Wildman–Crippen LogP) is 3.16. The monoisotopic (exact) mass is 378 g/mol. The molecular weight excluding hydrogens is 359 g/mol. The molecule has 0 spiro atoms. The van der Waals surface area contributed by atoms with Gasteiger partial charge in [-0.3, -0.25) is 9.10 Å². The molecule has 128 valence electrons. The lowest BCUT2D eigenvalue weighted by atomic mass is 10.1. The number of nitrogens with zero attached hydrogens (tertiary/aromatic N) is 2. The number of piperidine rings is 1. The van der Waals surface area contributed by atoms with Gasteiger partial charge in [0.15, 0.2) is 0 Å². The van der Waals surface area contributed by atoms with Crippen LogP contribution in [0.2, 0.25) is 10.0 Å². The van der Waals surface area contributed by atoms with Crippen molar-refractivity contribution in [2.45, 2.75) is 25.7 Å². The van der Waals surface area contributed by atoms with E-state index < -0.39 is 10.0 Å². The van der Waals surface area contributed by atoms with E-state index >= 15 is 0 Å². The van der Waals surface area contributed by atoms with Gasteiger partial charge in [0.25, 0.3) is 0 Å². The summed E-state index contributed by atoms with van der Waals surface area (Å²) in [5.74, 6) is -0.0154. The zero-order chi connectivity index (χ0) is 17.0. The molecule has 1 aliphatic rings. The number of carbonyl (C=O) groups is 1. The fraction of sp³-hybridized carbons (Fsp3) is 0.533. The van der Waals surface area contributed by atoms with E-state index in [9.17, 15) is 13.2 Å². The molecule has 0 aromatic heterocycles. The van der Waals surface area contributed by atoms with E-state index in [0.29, 0.717) is 10.7 Å². The van der Waals surface area contributed by atoms with Gasteiger partial charge in [0.05, 0.1) is 22.0 Å². The molecule has 1 aliphatic heterocycles. The molecule has 0 radical (unpaired) electrons. The van der Waals surface area contributed by atoms with Gasteiger partial charge in [-0.25, -0.2) is 8.42 Å². The van der Waals surface area contributed by atoms with Crippen LogP contribution in [0.5, 0.6) is 0 Å². The second kappa shape index (κ2) is 7.73. The summed E-state index contributed by atoms with van der Waals surface area (Å²) >= 11 is 11.8. The number of amides is 1. The van der Waals surface area contributed by atoms with E-state index in [4.69, 9.17) is 23.2 Å². The summed E-state index contributed by atoms with van der Waals surface area (Å²) in [6.45, 7) is 1.60. The number of hydrogen-bond acceptors (Lipinski definition) is 3. The third-order valence-electron chi connectivity index (χ3n) is 3.83. The van der Waals surface area contributed by atoms with Crippen LogP contribution in [0.4, 0.5) is 5.69 Å². The second-order valence-electron chi connectivity index (χ2n) is 5.62. The van der Waals surface area contributed by atoms with Crippen molar-refractivity contribution in [2.75, 3.05) is 30.2 Å². The minimum Gasteiger partial charge on any atom is -0.343 e. The molecule has 5 nitrogen and oxygen atoms in total. The van der Waals surface area contributed by atoms with Crippen molar-refractivity contribution in [1.29, 1.82) is 0 Å². The normalized spacial score (nSPS) is 15.5. The minimum absolute atomic E-state index is 0.0154. The summed E-state index contributed by atoms with van der Waals surface area (Å²) in [6.07, 6.45) is 4.42. The maximum atomic E-state index is 12.2. The number of rotatable bonds is 5. The molecule has 2 rings (SSSR count). The molecule has 1 aromatic rings. The molecule has 0 saturated carbocycles. The second-order valence-corrected chi connectivity index (χ2v) is 8.35. The summed E-state index contributed by atoms with van der Waals surface area (Å²) in [5, 5.41) is 0.633. The Bertz CT molecular complexity index is 673. The van der Waals surface area contributed by atoms with Crippen molar-refractivity contribution in [3.8, 4) is 0 Å². The first-order valence-corrected chi connectivity index (χ1v) is 10.1. The Morgan fingerprint density at radius 3 is 2.39 bits per heavy atom. The van der Waals surface area contributed by atoms with Crippen LogP contribution in [0.25, 0.3) is 0 Å². The zero-order valence-corrected chi connectivity index (χ0v) is 15.3. The lowest BCUT2D eigenvalue weighted by molar-refractivity contribution is -0.131. The summed E-state index contributed by atoms with van der Waals surface area (Å²) in [4.78, 5) is 14.0. The molecule has 0 atom stereocenters. The summed E-state index contributed by atoms with van der Waals surface area (Å²) < 4.78 is 25.3. The van der Waals surface area contributed by atoms with Gasteiger partial charge in [-0.2, -0.15) is 0 Å². The maximum absolute atomic E-state index is 12.2. The van der Waals surface area contributed by atoms with Crippen molar-refractivity contribution in [3.05, 3.63) is 28.2 Å². The molecule has 0 aliphatic carbocycles. The molecular formula is C15H20Cl2N2O3S. The van der Waals surface area contributed by atoms with Gasteiger partial charge in [0.1, 0.15) is 0 Å². The molecule has 0 bridgehead atoms. The Hall–Kier alpha value is -0.980. The van der Waals surface area contributed by atoms with Gasteiger partial charge in [0, 0.05) is 26.1 Å². The molecule has 1 saturated heterocycles. The van der Waals surface area contributed by atoms with Crippen molar-refractivity contribution < 1.29 is 13.2 Å². The van der Waals surface area contributed by atoms with Crippen LogP contribution < -0.4 is 4.31 Å². The number of hydrogen-bond donors (Lipinski definition) is 0. The van der Waals surface area contributed by atoms with E-state index in [1.54, 1.807) is 17.0 Å². The first-order valence-electron chi connectivity index (χ1n) is 7.49. The number of anilines is 1. The fourth-order valence-corrected chi connectivity index (χ4v) is 3.84. The van der Waals surface area contributed by atoms with Crippen LogP contribution in [0.1, 0.15) is 25.7 Å². The zero-order valence-electron chi connectivity index (χ0n) is 13.0. The molecule has 1 aromatic carbocycles. The average Bonchev–Trinajstić information content (AvgIpc) is 2.50. The maximum Gasteiger partial charge on any atom is 0.232 e. The molecule has 0 N–H and O–H groups in total. The Kier molecular flexibility index (Phi) is 6.17. The highest BCUT2D eigenvalue weighted by atomic mass is 35.5. The van der Waals surface area contributed by atoms with E-state index in [0.717, 1.165) is 38.6 Å². The largest absolute Gasteiger partial charge is 0.343 e. The topological polar surface area (TPSA) is 57.7 Å². The number of halogens is 2. The van der Waals surface area contributed by atoms with Crippen molar-refractivity contribution >= 4 is 44.8 Å². The van der Waals surface area contributed by atoms with E-state index in [-0.39, 0.29) is 23.9 Å². The Balaban J connectivity index is 2.10. The molecule has 1 fully saturated rings. The number of likely N-dealkylation sites (tertiary alicyclic amines) is 1. The highest BCUT2D eigenvalue weighted by Crippen LogP contribution is 2.28. The molecule has 1 amide bonds. The van der Waals surface area contributed by atoms with Crippen LogP contribution >= 0.6 is 23.2 Å². The highest BCUT2D eigenvalue weighted by molar-refractivity contribution is 7.92.